The Kier molecular flexibility index (Phi) is 6.39. The van der Waals surface area contributed by atoms with Crippen LogP contribution in [0.4, 0.5) is 4.79 Å². The number of hydrogen-bond donors (Lipinski definition) is 1. The number of aromatic nitrogens is 2. The first-order chi connectivity index (χ1) is 13.0. The van der Waals surface area contributed by atoms with E-state index in [4.69, 9.17) is 0 Å². The van der Waals surface area contributed by atoms with Gasteiger partial charge in [0.1, 0.15) is 0 Å². The molecule has 0 radical (unpaired) electrons. The van der Waals surface area contributed by atoms with Gasteiger partial charge in [-0.3, -0.25) is 4.79 Å². The molecule has 1 spiro atoms. The number of urea groups is 1. The van der Waals surface area contributed by atoms with Gasteiger partial charge >= 0.3 is 6.03 Å². The lowest BCUT2D eigenvalue weighted by Crippen LogP contribution is -2.54. The van der Waals surface area contributed by atoms with Gasteiger partial charge in [0.25, 0.3) is 0 Å². The maximum Gasteiger partial charge on any atom is 0.317 e. The van der Waals surface area contributed by atoms with Crippen LogP contribution in [0.1, 0.15) is 52.4 Å². The summed E-state index contributed by atoms with van der Waals surface area (Å²) in [6.45, 7) is 8.24. The first-order valence-electron chi connectivity index (χ1n) is 10.3. The molecule has 2 saturated heterocycles. The molecule has 27 heavy (non-hydrogen) atoms. The zero-order chi connectivity index (χ0) is 19.3. The number of rotatable bonds is 6. The Labute approximate surface area is 162 Å². The Morgan fingerprint density at radius 3 is 2.74 bits per heavy atom. The monoisotopic (exact) mass is 375 g/mol. The van der Waals surface area contributed by atoms with Crippen molar-refractivity contribution in [3.05, 3.63) is 18.7 Å². The van der Waals surface area contributed by atoms with E-state index in [1.54, 1.807) is 6.20 Å². The molecule has 0 saturated carbocycles. The largest absolute Gasteiger partial charge is 0.342 e. The van der Waals surface area contributed by atoms with Crippen molar-refractivity contribution in [3.63, 3.8) is 0 Å². The number of likely N-dealkylation sites (tertiary alicyclic amines) is 2. The maximum atomic E-state index is 12.4. The highest BCUT2D eigenvalue weighted by Crippen LogP contribution is 2.40. The second kappa shape index (κ2) is 8.76. The Hall–Kier alpha value is -2.05. The van der Waals surface area contributed by atoms with E-state index >= 15 is 0 Å². The molecular formula is C20H33N5O2. The topological polar surface area (TPSA) is 70.5 Å². The summed E-state index contributed by atoms with van der Waals surface area (Å²) in [5, 5.41) is 3.06. The van der Waals surface area contributed by atoms with Crippen LogP contribution in [-0.2, 0) is 11.3 Å². The molecular weight excluding hydrogens is 342 g/mol. The minimum Gasteiger partial charge on any atom is -0.342 e. The minimum absolute atomic E-state index is 0.0586. The summed E-state index contributed by atoms with van der Waals surface area (Å²) in [7, 11) is 0. The van der Waals surface area contributed by atoms with E-state index < -0.39 is 0 Å². The quantitative estimate of drug-likeness (QED) is 0.830. The molecule has 7 nitrogen and oxygen atoms in total. The number of amides is 3. The highest BCUT2D eigenvalue weighted by atomic mass is 16.2. The number of carbonyl (C=O) groups is 2. The molecule has 0 unspecified atom stereocenters. The van der Waals surface area contributed by atoms with E-state index in [9.17, 15) is 9.59 Å². The third-order valence-electron chi connectivity index (χ3n) is 6.25. The van der Waals surface area contributed by atoms with E-state index in [1.165, 1.54) is 0 Å². The van der Waals surface area contributed by atoms with Crippen LogP contribution in [0, 0.1) is 5.41 Å². The molecule has 0 aliphatic carbocycles. The molecule has 1 aromatic heterocycles. The van der Waals surface area contributed by atoms with Crippen LogP contribution in [0.5, 0.6) is 0 Å². The van der Waals surface area contributed by atoms with E-state index in [1.807, 2.05) is 24.3 Å². The summed E-state index contributed by atoms with van der Waals surface area (Å²) < 4.78 is 2.05. The fourth-order valence-electron chi connectivity index (χ4n) is 4.17. The summed E-state index contributed by atoms with van der Waals surface area (Å²) in [5.74, 6) is 0.281. The average molecular weight is 376 g/mol. The van der Waals surface area contributed by atoms with E-state index in [0.29, 0.717) is 6.42 Å². The van der Waals surface area contributed by atoms with Crippen molar-refractivity contribution >= 4 is 11.9 Å². The zero-order valence-corrected chi connectivity index (χ0v) is 16.7. The van der Waals surface area contributed by atoms with Crippen LogP contribution < -0.4 is 5.32 Å². The lowest BCUT2D eigenvalue weighted by Gasteiger charge is -2.47. The van der Waals surface area contributed by atoms with Gasteiger partial charge in [-0.25, -0.2) is 9.78 Å². The third kappa shape index (κ3) is 5.02. The van der Waals surface area contributed by atoms with Crippen molar-refractivity contribution < 1.29 is 9.59 Å². The predicted molar refractivity (Wildman–Crippen MR) is 104 cm³/mol. The summed E-state index contributed by atoms with van der Waals surface area (Å²) in [4.78, 5) is 32.8. The number of imidazole rings is 1. The van der Waals surface area contributed by atoms with Gasteiger partial charge in [-0.2, -0.15) is 0 Å². The van der Waals surface area contributed by atoms with Gasteiger partial charge in [0.15, 0.2) is 0 Å². The minimum atomic E-state index is 0.0586. The molecule has 3 rings (SSSR count). The van der Waals surface area contributed by atoms with Gasteiger partial charge in [-0.15, -0.1) is 0 Å². The van der Waals surface area contributed by atoms with Crippen molar-refractivity contribution in [1.82, 2.24) is 24.7 Å². The van der Waals surface area contributed by atoms with Crippen molar-refractivity contribution in [2.24, 2.45) is 5.41 Å². The standard InChI is InChI=1S/C20H33N5O2/c1-3-17(2)22-19(27)24-12-7-20(8-13-24)6-5-18(26)25(15-20)11-4-10-23-14-9-21-16-23/h9,14,16-17H,3-8,10-13,15H2,1-2H3,(H,22,27)/t17-/m0/s1. The number of hydrogen-bond acceptors (Lipinski definition) is 3. The molecule has 0 aromatic carbocycles. The average Bonchev–Trinajstić information content (AvgIpc) is 3.18. The van der Waals surface area contributed by atoms with Crippen LogP contribution in [0.25, 0.3) is 0 Å². The summed E-state index contributed by atoms with van der Waals surface area (Å²) in [6.07, 6.45) is 11.0. The maximum absolute atomic E-state index is 12.4. The lowest BCUT2D eigenvalue weighted by atomic mass is 9.72. The van der Waals surface area contributed by atoms with Crippen LogP contribution in [-0.4, -0.2) is 63.5 Å². The molecule has 2 fully saturated rings. The van der Waals surface area contributed by atoms with Gasteiger partial charge < -0.3 is 19.7 Å². The van der Waals surface area contributed by atoms with E-state index in [0.717, 1.165) is 64.8 Å². The molecule has 3 heterocycles. The van der Waals surface area contributed by atoms with Gasteiger partial charge in [-0.05, 0) is 44.4 Å². The second-order valence-electron chi connectivity index (χ2n) is 8.22. The molecule has 1 N–H and O–H groups in total. The number of nitrogens with zero attached hydrogens (tertiary/aromatic N) is 4. The first-order valence-corrected chi connectivity index (χ1v) is 10.3. The van der Waals surface area contributed by atoms with Crippen LogP contribution >= 0.6 is 0 Å². The Bertz CT molecular complexity index is 622. The molecule has 1 atom stereocenters. The molecule has 2 aliphatic heterocycles. The molecule has 2 aliphatic rings. The summed E-state index contributed by atoms with van der Waals surface area (Å²) in [5.41, 5.74) is 0.191. The van der Waals surface area contributed by atoms with Crippen LogP contribution in [0.2, 0.25) is 0 Å². The van der Waals surface area contributed by atoms with Gasteiger partial charge in [0, 0.05) is 57.6 Å². The summed E-state index contributed by atoms with van der Waals surface area (Å²) in [6, 6.07) is 0.273. The van der Waals surface area contributed by atoms with Crippen molar-refractivity contribution in [2.45, 2.75) is 65.0 Å². The summed E-state index contributed by atoms with van der Waals surface area (Å²) >= 11 is 0. The highest BCUT2D eigenvalue weighted by Gasteiger charge is 2.41. The van der Waals surface area contributed by atoms with Crippen molar-refractivity contribution in [2.75, 3.05) is 26.2 Å². The molecule has 3 amide bonds. The van der Waals surface area contributed by atoms with Crippen LogP contribution in [0.15, 0.2) is 18.7 Å². The first kappa shape index (κ1) is 19.7. The molecule has 0 bridgehead atoms. The van der Waals surface area contributed by atoms with Gasteiger partial charge in [0.05, 0.1) is 6.33 Å². The number of piperidine rings is 2. The SMILES string of the molecule is CC[C@H](C)NC(=O)N1CCC2(CCC(=O)N(CCCn3ccnc3)C2)CC1. The van der Waals surface area contributed by atoms with Crippen molar-refractivity contribution in [1.29, 1.82) is 0 Å². The number of aryl methyl sites for hydroxylation is 1. The fraction of sp³-hybridized carbons (Fsp3) is 0.750. The van der Waals surface area contributed by atoms with Gasteiger partial charge in [-0.1, -0.05) is 6.92 Å². The molecule has 150 valence electrons. The second-order valence-corrected chi connectivity index (χ2v) is 8.22. The van der Waals surface area contributed by atoms with Crippen molar-refractivity contribution in [3.8, 4) is 0 Å². The number of nitrogens with one attached hydrogen (secondary N) is 1. The fourth-order valence-corrected chi connectivity index (χ4v) is 4.17. The predicted octanol–water partition coefficient (Wildman–Crippen LogP) is 2.49. The Balaban J connectivity index is 1.48. The Morgan fingerprint density at radius 2 is 2.07 bits per heavy atom. The number of carbonyl (C=O) groups excluding carboxylic acids is 2. The zero-order valence-electron chi connectivity index (χ0n) is 16.7. The van der Waals surface area contributed by atoms with Crippen LogP contribution in [0.3, 0.4) is 0 Å². The lowest BCUT2D eigenvalue weighted by molar-refractivity contribution is -0.139. The Morgan fingerprint density at radius 1 is 1.30 bits per heavy atom. The smallest absolute Gasteiger partial charge is 0.317 e. The van der Waals surface area contributed by atoms with E-state index in [-0.39, 0.29) is 23.4 Å². The molecule has 1 aromatic rings. The van der Waals surface area contributed by atoms with Gasteiger partial charge in [0.2, 0.25) is 5.91 Å². The molecule has 7 heteroatoms. The normalized spacial score (nSPS) is 20.7. The van der Waals surface area contributed by atoms with E-state index in [2.05, 4.69) is 26.7 Å². The highest BCUT2D eigenvalue weighted by molar-refractivity contribution is 5.77. The third-order valence-corrected chi connectivity index (χ3v) is 6.25.